The van der Waals surface area contributed by atoms with Gasteiger partial charge < -0.3 is 15.6 Å². The van der Waals surface area contributed by atoms with E-state index in [9.17, 15) is 9.90 Å². The van der Waals surface area contributed by atoms with Crippen molar-refractivity contribution in [2.24, 2.45) is 5.73 Å². The Morgan fingerprint density at radius 1 is 1.60 bits per heavy atom. The molecule has 0 aliphatic carbocycles. The molecular formula is C10H12BrNO3. The van der Waals surface area contributed by atoms with Crippen molar-refractivity contribution in [3.8, 4) is 11.5 Å². The van der Waals surface area contributed by atoms with Gasteiger partial charge in [0.05, 0.1) is 23.2 Å². The van der Waals surface area contributed by atoms with Crippen LogP contribution in [-0.2, 0) is 0 Å². The fourth-order valence-electron chi connectivity index (χ4n) is 1.18. The SMILES string of the molecule is COc1c(Br)ccc(C(=O)C(C)N)c1O. The highest BCUT2D eigenvalue weighted by Gasteiger charge is 2.19. The highest BCUT2D eigenvalue weighted by atomic mass is 79.9. The van der Waals surface area contributed by atoms with Crippen molar-refractivity contribution in [1.29, 1.82) is 0 Å². The molecule has 0 aliphatic heterocycles. The number of rotatable bonds is 3. The van der Waals surface area contributed by atoms with Crippen molar-refractivity contribution in [2.45, 2.75) is 13.0 Å². The fraction of sp³-hybridized carbons (Fsp3) is 0.300. The Labute approximate surface area is 96.2 Å². The normalized spacial score (nSPS) is 12.3. The molecule has 1 aromatic carbocycles. The Morgan fingerprint density at radius 3 is 2.67 bits per heavy atom. The summed E-state index contributed by atoms with van der Waals surface area (Å²) in [5.74, 6) is -0.269. The number of carbonyl (C=O) groups excluding carboxylic acids is 1. The summed E-state index contributed by atoms with van der Waals surface area (Å²) in [5, 5.41) is 9.76. The summed E-state index contributed by atoms with van der Waals surface area (Å²) < 4.78 is 5.54. The Hall–Kier alpha value is -1.07. The average molecular weight is 274 g/mol. The summed E-state index contributed by atoms with van der Waals surface area (Å²) in [4.78, 5) is 11.6. The molecule has 82 valence electrons. The van der Waals surface area contributed by atoms with Gasteiger partial charge in [0.15, 0.2) is 17.3 Å². The molecule has 0 heterocycles. The first-order chi connectivity index (χ1) is 6.99. The number of halogens is 1. The van der Waals surface area contributed by atoms with Crippen LogP contribution in [-0.4, -0.2) is 24.0 Å². The number of ketones is 1. The lowest BCUT2D eigenvalue weighted by Crippen LogP contribution is -2.26. The molecule has 4 nitrogen and oxygen atoms in total. The summed E-state index contributed by atoms with van der Waals surface area (Å²) in [7, 11) is 1.42. The third kappa shape index (κ3) is 2.30. The molecule has 1 atom stereocenters. The van der Waals surface area contributed by atoms with Gasteiger partial charge in [-0.1, -0.05) is 0 Å². The van der Waals surface area contributed by atoms with Crippen LogP contribution in [0.2, 0.25) is 0 Å². The second-order valence-corrected chi connectivity index (χ2v) is 3.98. The van der Waals surface area contributed by atoms with E-state index in [0.29, 0.717) is 4.47 Å². The first-order valence-corrected chi connectivity index (χ1v) is 5.13. The molecule has 0 fully saturated rings. The standard InChI is InChI=1S/C10H12BrNO3/c1-5(12)8(13)6-3-4-7(11)10(15-2)9(6)14/h3-5,14H,12H2,1-2H3. The average Bonchev–Trinajstić information content (AvgIpc) is 2.17. The van der Waals surface area contributed by atoms with E-state index in [1.54, 1.807) is 13.0 Å². The number of ether oxygens (including phenoxy) is 1. The first kappa shape index (κ1) is 12.0. The van der Waals surface area contributed by atoms with Gasteiger partial charge in [0.25, 0.3) is 0 Å². The van der Waals surface area contributed by atoms with Crippen LogP contribution in [0.25, 0.3) is 0 Å². The molecule has 15 heavy (non-hydrogen) atoms. The van der Waals surface area contributed by atoms with E-state index in [1.807, 2.05) is 0 Å². The number of Topliss-reactive ketones (excluding diaryl/α,β-unsaturated/α-hetero) is 1. The predicted octanol–water partition coefficient (Wildman–Crippen LogP) is 1.69. The lowest BCUT2D eigenvalue weighted by molar-refractivity contribution is 0.0964. The number of hydrogen-bond donors (Lipinski definition) is 2. The number of phenolic OH excluding ortho intramolecular Hbond substituents is 1. The maximum Gasteiger partial charge on any atom is 0.183 e. The lowest BCUT2D eigenvalue weighted by atomic mass is 10.0. The first-order valence-electron chi connectivity index (χ1n) is 4.34. The Morgan fingerprint density at radius 2 is 2.20 bits per heavy atom. The minimum atomic E-state index is -0.651. The van der Waals surface area contributed by atoms with Crippen LogP contribution in [0.3, 0.4) is 0 Å². The van der Waals surface area contributed by atoms with Crippen LogP contribution in [0.15, 0.2) is 16.6 Å². The van der Waals surface area contributed by atoms with Crippen molar-refractivity contribution in [1.82, 2.24) is 0 Å². The maximum absolute atomic E-state index is 11.6. The molecule has 1 rings (SSSR count). The molecule has 0 saturated heterocycles. The molecule has 0 aliphatic rings. The van der Waals surface area contributed by atoms with Crippen molar-refractivity contribution < 1.29 is 14.6 Å². The minimum absolute atomic E-state index is 0.171. The van der Waals surface area contributed by atoms with Gasteiger partial charge in [-0.3, -0.25) is 4.79 Å². The van der Waals surface area contributed by atoms with Crippen LogP contribution in [0, 0.1) is 0 Å². The molecule has 0 amide bonds. The largest absolute Gasteiger partial charge is 0.504 e. The number of benzene rings is 1. The van der Waals surface area contributed by atoms with Gasteiger partial charge in [-0.15, -0.1) is 0 Å². The van der Waals surface area contributed by atoms with Crippen LogP contribution in [0.4, 0.5) is 0 Å². The Balaban J connectivity index is 3.28. The lowest BCUT2D eigenvalue weighted by Gasteiger charge is -2.11. The second-order valence-electron chi connectivity index (χ2n) is 3.13. The molecule has 0 bridgehead atoms. The molecule has 3 N–H and O–H groups in total. The number of phenols is 1. The van der Waals surface area contributed by atoms with Crippen molar-refractivity contribution in [2.75, 3.05) is 7.11 Å². The molecule has 0 spiro atoms. The summed E-state index contributed by atoms with van der Waals surface area (Å²) in [5.41, 5.74) is 5.62. The van der Waals surface area contributed by atoms with Gasteiger partial charge in [-0.05, 0) is 35.0 Å². The number of hydrogen-bond acceptors (Lipinski definition) is 4. The van der Waals surface area contributed by atoms with Crippen LogP contribution >= 0.6 is 15.9 Å². The summed E-state index contributed by atoms with van der Waals surface area (Å²) in [6.45, 7) is 1.57. The molecule has 0 aromatic heterocycles. The number of aromatic hydroxyl groups is 1. The van der Waals surface area contributed by atoms with Crippen molar-refractivity contribution in [3.63, 3.8) is 0 Å². The topological polar surface area (TPSA) is 72.5 Å². The molecule has 0 saturated carbocycles. The zero-order chi connectivity index (χ0) is 11.6. The second kappa shape index (κ2) is 4.63. The third-order valence-electron chi connectivity index (χ3n) is 1.97. The van der Waals surface area contributed by atoms with Crippen molar-refractivity contribution in [3.05, 3.63) is 22.2 Å². The number of nitrogens with two attached hydrogens (primary N) is 1. The highest BCUT2D eigenvalue weighted by molar-refractivity contribution is 9.10. The van der Waals surface area contributed by atoms with Gasteiger partial charge in [-0.25, -0.2) is 0 Å². The Bertz CT molecular complexity index is 390. The molecule has 1 unspecified atom stereocenters. The zero-order valence-corrected chi connectivity index (χ0v) is 10.0. The maximum atomic E-state index is 11.6. The minimum Gasteiger partial charge on any atom is -0.504 e. The van der Waals surface area contributed by atoms with Crippen LogP contribution < -0.4 is 10.5 Å². The Kier molecular flexibility index (Phi) is 3.71. The van der Waals surface area contributed by atoms with E-state index in [4.69, 9.17) is 10.5 Å². The predicted molar refractivity (Wildman–Crippen MR) is 60.3 cm³/mol. The third-order valence-corrected chi connectivity index (χ3v) is 2.59. The number of carbonyl (C=O) groups is 1. The summed E-state index contributed by atoms with van der Waals surface area (Å²) >= 11 is 3.20. The van der Waals surface area contributed by atoms with Gasteiger partial charge in [0.1, 0.15) is 0 Å². The van der Waals surface area contributed by atoms with Gasteiger partial charge in [0, 0.05) is 0 Å². The molecule has 5 heteroatoms. The zero-order valence-electron chi connectivity index (χ0n) is 8.45. The van der Waals surface area contributed by atoms with E-state index in [2.05, 4.69) is 15.9 Å². The molecule has 0 radical (unpaired) electrons. The van der Waals surface area contributed by atoms with Gasteiger partial charge in [0.2, 0.25) is 0 Å². The number of methoxy groups -OCH3 is 1. The van der Waals surface area contributed by atoms with E-state index in [1.165, 1.54) is 13.2 Å². The van der Waals surface area contributed by atoms with Gasteiger partial charge >= 0.3 is 0 Å². The van der Waals surface area contributed by atoms with Crippen LogP contribution in [0.5, 0.6) is 11.5 Å². The van der Waals surface area contributed by atoms with Crippen LogP contribution in [0.1, 0.15) is 17.3 Å². The summed E-state index contributed by atoms with van der Waals surface area (Å²) in [6, 6.07) is 2.49. The van der Waals surface area contributed by atoms with E-state index in [-0.39, 0.29) is 22.8 Å². The summed E-state index contributed by atoms with van der Waals surface area (Å²) in [6.07, 6.45) is 0. The molecular weight excluding hydrogens is 262 g/mol. The quantitative estimate of drug-likeness (QED) is 0.823. The van der Waals surface area contributed by atoms with E-state index in [0.717, 1.165) is 0 Å². The smallest absolute Gasteiger partial charge is 0.183 e. The monoisotopic (exact) mass is 273 g/mol. The van der Waals surface area contributed by atoms with Crippen molar-refractivity contribution >= 4 is 21.7 Å². The van der Waals surface area contributed by atoms with Gasteiger partial charge in [-0.2, -0.15) is 0 Å². The van der Waals surface area contributed by atoms with E-state index >= 15 is 0 Å². The molecule has 1 aromatic rings. The fourth-order valence-corrected chi connectivity index (χ4v) is 1.67. The van der Waals surface area contributed by atoms with E-state index < -0.39 is 6.04 Å². The highest BCUT2D eigenvalue weighted by Crippen LogP contribution is 2.37.